The molecule has 4 nitrogen and oxygen atoms in total. The molecule has 0 radical (unpaired) electrons. The van der Waals surface area contributed by atoms with E-state index in [9.17, 15) is 9.59 Å². The van der Waals surface area contributed by atoms with Crippen LogP contribution in [0.3, 0.4) is 0 Å². The molecule has 19 heavy (non-hydrogen) atoms. The van der Waals surface area contributed by atoms with Crippen molar-refractivity contribution in [2.45, 2.75) is 45.4 Å². The topological polar surface area (TPSA) is 69.4 Å². The second-order valence-electron chi connectivity index (χ2n) is 4.51. The summed E-state index contributed by atoms with van der Waals surface area (Å²) in [5, 5.41) is 0. The minimum absolute atomic E-state index is 0.238. The second kappa shape index (κ2) is 8.29. The Hall–Kier alpha value is -1.84. The molecule has 0 bridgehead atoms. The van der Waals surface area contributed by atoms with Crippen molar-refractivity contribution in [1.82, 2.24) is 0 Å². The van der Waals surface area contributed by atoms with Crippen LogP contribution in [0.4, 0.5) is 5.69 Å². The number of esters is 2. The van der Waals surface area contributed by atoms with Crippen molar-refractivity contribution >= 4 is 17.6 Å². The third-order valence-corrected chi connectivity index (χ3v) is 2.87. The number of benzene rings is 1. The summed E-state index contributed by atoms with van der Waals surface area (Å²) in [6.45, 7) is 2.14. The Morgan fingerprint density at radius 3 is 2.47 bits per heavy atom. The van der Waals surface area contributed by atoms with Gasteiger partial charge in [0.25, 0.3) is 0 Å². The number of nitrogens with two attached hydrogens (primary N) is 1. The third kappa shape index (κ3) is 5.55. The highest BCUT2D eigenvalue weighted by molar-refractivity contribution is 6.00. The molecule has 0 aliphatic heterocycles. The number of rotatable bonds is 7. The summed E-state index contributed by atoms with van der Waals surface area (Å²) >= 11 is 0. The molecule has 4 heteroatoms. The summed E-state index contributed by atoms with van der Waals surface area (Å²) < 4.78 is 4.77. The number of carbonyl (C=O) groups is 2. The van der Waals surface area contributed by atoms with Crippen molar-refractivity contribution in [3.8, 4) is 0 Å². The van der Waals surface area contributed by atoms with Gasteiger partial charge in [0.15, 0.2) is 0 Å². The molecule has 0 fully saturated rings. The zero-order chi connectivity index (χ0) is 14.1. The lowest BCUT2D eigenvalue weighted by Gasteiger charge is -2.05. The van der Waals surface area contributed by atoms with E-state index in [1.807, 2.05) is 0 Å². The maximum Gasteiger partial charge on any atom is 0.347 e. The number of nitrogen functional groups attached to an aromatic ring is 1. The molecule has 0 amide bonds. The smallest absolute Gasteiger partial charge is 0.347 e. The number of hydrogen-bond acceptors (Lipinski definition) is 4. The maximum absolute atomic E-state index is 11.7. The summed E-state index contributed by atoms with van der Waals surface area (Å²) in [6.07, 6.45) is 5.48. The molecule has 1 aromatic rings. The van der Waals surface area contributed by atoms with Crippen LogP contribution >= 0.6 is 0 Å². The number of ether oxygens (including phenoxy) is 1. The predicted molar refractivity (Wildman–Crippen MR) is 74.7 cm³/mol. The number of unbranched alkanes of at least 4 members (excludes halogenated alkanes) is 4. The van der Waals surface area contributed by atoms with Crippen LogP contribution in [0.2, 0.25) is 0 Å². The van der Waals surface area contributed by atoms with E-state index in [0.717, 1.165) is 25.7 Å². The van der Waals surface area contributed by atoms with Gasteiger partial charge in [-0.2, -0.15) is 0 Å². The van der Waals surface area contributed by atoms with E-state index >= 15 is 0 Å². The molecule has 0 saturated carbocycles. The van der Waals surface area contributed by atoms with Crippen LogP contribution in [0.15, 0.2) is 24.3 Å². The van der Waals surface area contributed by atoms with E-state index in [1.54, 1.807) is 24.3 Å². The van der Waals surface area contributed by atoms with E-state index in [0.29, 0.717) is 5.69 Å². The molecule has 0 heterocycles. The Kier molecular flexibility index (Phi) is 6.64. The standard InChI is InChI=1S/C15H21NO3/c1-2-3-4-5-6-11-14(17)19-15(18)12-9-7-8-10-13(12)16/h7-10H,2-6,11,16H2,1H3. The predicted octanol–water partition coefficient (Wildman–Crippen LogP) is 3.31. The average molecular weight is 263 g/mol. The van der Waals surface area contributed by atoms with Crippen LogP contribution in [-0.4, -0.2) is 11.9 Å². The molecule has 0 atom stereocenters. The van der Waals surface area contributed by atoms with E-state index in [2.05, 4.69) is 6.92 Å². The zero-order valence-corrected chi connectivity index (χ0v) is 11.4. The van der Waals surface area contributed by atoms with Crippen molar-refractivity contribution < 1.29 is 14.3 Å². The minimum Gasteiger partial charge on any atom is -0.398 e. The van der Waals surface area contributed by atoms with Crippen molar-refractivity contribution in [3.05, 3.63) is 29.8 Å². The molecule has 1 rings (SSSR count). The van der Waals surface area contributed by atoms with Crippen molar-refractivity contribution in [3.63, 3.8) is 0 Å². The minimum atomic E-state index is -0.670. The molecule has 0 aliphatic rings. The van der Waals surface area contributed by atoms with Crippen LogP contribution < -0.4 is 5.73 Å². The van der Waals surface area contributed by atoms with Crippen molar-refractivity contribution in [2.75, 3.05) is 5.73 Å². The molecule has 0 unspecified atom stereocenters. The van der Waals surface area contributed by atoms with Gasteiger partial charge in [0.05, 0.1) is 5.56 Å². The third-order valence-electron chi connectivity index (χ3n) is 2.87. The molecule has 0 aliphatic carbocycles. The Morgan fingerprint density at radius 1 is 1.11 bits per heavy atom. The summed E-state index contributed by atoms with van der Waals surface area (Å²) in [5.41, 5.74) is 6.20. The molecule has 0 saturated heterocycles. The van der Waals surface area contributed by atoms with Gasteiger partial charge in [0.2, 0.25) is 0 Å². The quantitative estimate of drug-likeness (QED) is 0.354. The number of hydrogen-bond donors (Lipinski definition) is 1. The highest BCUT2D eigenvalue weighted by atomic mass is 16.6. The molecule has 1 aromatic carbocycles. The Bertz CT molecular complexity index is 429. The molecule has 104 valence electrons. The highest BCUT2D eigenvalue weighted by Crippen LogP contribution is 2.13. The van der Waals surface area contributed by atoms with Gasteiger partial charge >= 0.3 is 11.9 Å². The van der Waals surface area contributed by atoms with Gasteiger partial charge in [0, 0.05) is 12.1 Å². The van der Waals surface area contributed by atoms with Crippen LogP contribution in [0, 0.1) is 0 Å². The summed E-state index contributed by atoms with van der Waals surface area (Å²) in [5.74, 6) is -1.15. The first-order chi connectivity index (χ1) is 9.15. The fourth-order valence-corrected chi connectivity index (χ4v) is 1.77. The molecule has 0 spiro atoms. The second-order valence-corrected chi connectivity index (χ2v) is 4.51. The monoisotopic (exact) mass is 263 g/mol. The van der Waals surface area contributed by atoms with Crippen LogP contribution in [-0.2, 0) is 9.53 Å². The van der Waals surface area contributed by atoms with E-state index in [-0.39, 0.29) is 12.0 Å². The average Bonchev–Trinajstić information content (AvgIpc) is 2.39. The van der Waals surface area contributed by atoms with Crippen molar-refractivity contribution in [2.24, 2.45) is 0 Å². The van der Waals surface area contributed by atoms with Gasteiger partial charge in [-0.05, 0) is 18.6 Å². The first-order valence-corrected chi connectivity index (χ1v) is 6.74. The number of anilines is 1. The Labute approximate surface area is 113 Å². The lowest BCUT2D eigenvalue weighted by Crippen LogP contribution is -2.13. The van der Waals surface area contributed by atoms with Gasteiger partial charge in [-0.1, -0.05) is 44.7 Å². The lowest BCUT2D eigenvalue weighted by molar-refractivity contribution is -0.138. The van der Waals surface area contributed by atoms with Gasteiger partial charge < -0.3 is 10.5 Å². The molecule has 2 N–H and O–H groups in total. The largest absolute Gasteiger partial charge is 0.398 e. The van der Waals surface area contributed by atoms with Crippen LogP contribution in [0.25, 0.3) is 0 Å². The molecular formula is C15H21NO3. The Balaban J connectivity index is 2.32. The summed E-state index contributed by atoms with van der Waals surface area (Å²) in [7, 11) is 0. The zero-order valence-electron chi connectivity index (χ0n) is 11.4. The Morgan fingerprint density at radius 2 is 1.79 bits per heavy atom. The van der Waals surface area contributed by atoms with Crippen molar-refractivity contribution in [1.29, 1.82) is 0 Å². The first-order valence-electron chi connectivity index (χ1n) is 6.74. The normalized spacial score (nSPS) is 10.2. The van der Waals surface area contributed by atoms with E-state index < -0.39 is 11.9 Å². The highest BCUT2D eigenvalue weighted by Gasteiger charge is 2.14. The molecular weight excluding hydrogens is 242 g/mol. The van der Waals surface area contributed by atoms with Gasteiger partial charge in [-0.15, -0.1) is 0 Å². The van der Waals surface area contributed by atoms with E-state index in [1.165, 1.54) is 6.42 Å². The van der Waals surface area contributed by atoms with Gasteiger partial charge in [0.1, 0.15) is 0 Å². The fraction of sp³-hybridized carbons (Fsp3) is 0.467. The van der Waals surface area contributed by atoms with Gasteiger partial charge in [-0.3, -0.25) is 4.79 Å². The summed E-state index contributed by atoms with van der Waals surface area (Å²) in [4.78, 5) is 23.2. The first kappa shape index (κ1) is 15.2. The lowest BCUT2D eigenvalue weighted by atomic mass is 10.1. The van der Waals surface area contributed by atoms with Crippen LogP contribution in [0.1, 0.15) is 55.8 Å². The number of para-hydroxylation sites is 1. The SMILES string of the molecule is CCCCCCCC(=O)OC(=O)c1ccccc1N. The van der Waals surface area contributed by atoms with Gasteiger partial charge in [-0.25, -0.2) is 4.79 Å². The maximum atomic E-state index is 11.7. The molecule has 0 aromatic heterocycles. The van der Waals surface area contributed by atoms with Crippen LogP contribution in [0.5, 0.6) is 0 Å². The fourth-order valence-electron chi connectivity index (χ4n) is 1.77. The van der Waals surface area contributed by atoms with E-state index in [4.69, 9.17) is 10.5 Å². The number of carbonyl (C=O) groups excluding carboxylic acids is 2. The summed E-state index contributed by atoms with van der Waals surface area (Å²) in [6, 6.07) is 6.56.